The Hall–Kier alpha value is -2.74. The first-order valence-corrected chi connectivity index (χ1v) is 5.26. The van der Waals surface area contributed by atoms with E-state index < -0.39 is 5.56 Å². The van der Waals surface area contributed by atoms with Gasteiger partial charge in [0.05, 0.1) is 5.69 Å². The number of pyridine rings is 1. The van der Waals surface area contributed by atoms with E-state index in [-0.39, 0.29) is 11.4 Å². The molecule has 0 unspecified atom stereocenters. The van der Waals surface area contributed by atoms with E-state index in [0.29, 0.717) is 16.9 Å². The average molecular weight is 241 g/mol. The zero-order valence-electron chi connectivity index (χ0n) is 9.71. The van der Waals surface area contributed by atoms with Gasteiger partial charge in [0.15, 0.2) is 5.88 Å². The lowest BCUT2D eigenvalue weighted by Gasteiger charge is -2.10. The first kappa shape index (κ1) is 11.7. The molecule has 1 aromatic carbocycles. The lowest BCUT2D eigenvalue weighted by molar-refractivity contribution is 0.434. The summed E-state index contributed by atoms with van der Waals surface area (Å²) >= 11 is 0. The number of nitrogen functional groups attached to an aromatic ring is 1. The highest BCUT2D eigenvalue weighted by molar-refractivity contribution is 5.50. The molecule has 0 aliphatic rings. The zero-order chi connectivity index (χ0) is 13.3. The van der Waals surface area contributed by atoms with Crippen LogP contribution in [0.1, 0.15) is 11.1 Å². The van der Waals surface area contributed by atoms with Gasteiger partial charge in [-0.25, -0.2) is 4.57 Å². The summed E-state index contributed by atoms with van der Waals surface area (Å²) in [5.41, 5.74) is 6.43. The molecular formula is C13H11N3O2. The Morgan fingerprint density at radius 2 is 2.11 bits per heavy atom. The number of nitrogens with zero attached hydrogens (tertiary/aromatic N) is 2. The third-order valence-electron chi connectivity index (χ3n) is 2.63. The number of aryl methyl sites for hydroxylation is 1. The molecule has 0 aliphatic heterocycles. The molecule has 0 radical (unpaired) electrons. The van der Waals surface area contributed by atoms with Crippen LogP contribution in [0.3, 0.4) is 0 Å². The topological polar surface area (TPSA) is 92.0 Å². The highest BCUT2D eigenvalue weighted by Gasteiger charge is 2.13. The van der Waals surface area contributed by atoms with Gasteiger partial charge in [-0.15, -0.1) is 0 Å². The number of hydrogen-bond donors (Lipinski definition) is 2. The van der Waals surface area contributed by atoms with Crippen molar-refractivity contribution < 1.29 is 5.11 Å². The van der Waals surface area contributed by atoms with Gasteiger partial charge in [0.2, 0.25) is 0 Å². The molecule has 1 heterocycles. The van der Waals surface area contributed by atoms with Crippen LogP contribution in [0.15, 0.2) is 35.1 Å². The van der Waals surface area contributed by atoms with Gasteiger partial charge in [0, 0.05) is 11.8 Å². The Labute approximate surface area is 103 Å². The Bertz CT molecular complexity index is 711. The smallest absolute Gasteiger partial charge is 0.276 e. The fourth-order valence-corrected chi connectivity index (χ4v) is 1.76. The number of rotatable bonds is 1. The summed E-state index contributed by atoms with van der Waals surface area (Å²) in [5.74, 6) is -0.220. The van der Waals surface area contributed by atoms with Gasteiger partial charge in [-0.3, -0.25) is 4.79 Å². The van der Waals surface area contributed by atoms with Crippen molar-refractivity contribution in [2.45, 2.75) is 6.92 Å². The first-order chi connectivity index (χ1) is 8.54. The molecule has 0 aliphatic carbocycles. The van der Waals surface area contributed by atoms with E-state index in [9.17, 15) is 9.90 Å². The lowest BCUT2D eigenvalue weighted by Crippen LogP contribution is -2.22. The fourth-order valence-electron chi connectivity index (χ4n) is 1.76. The molecule has 0 saturated carbocycles. The number of nitriles is 1. The second kappa shape index (κ2) is 4.26. The summed E-state index contributed by atoms with van der Waals surface area (Å²) in [5, 5.41) is 18.8. The highest BCUT2D eigenvalue weighted by Crippen LogP contribution is 2.18. The Kier molecular flexibility index (Phi) is 2.78. The number of nitrogens with two attached hydrogens (primary N) is 1. The van der Waals surface area contributed by atoms with Gasteiger partial charge in [-0.1, -0.05) is 6.07 Å². The van der Waals surface area contributed by atoms with Crippen molar-refractivity contribution in [3.63, 3.8) is 0 Å². The molecule has 5 nitrogen and oxygen atoms in total. The fraction of sp³-hybridized carbons (Fsp3) is 0.0769. The summed E-state index contributed by atoms with van der Waals surface area (Å²) < 4.78 is 1.06. The quantitative estimate of drug-likeness (QED) is 0.736. The van der Waals surface area contributed by atoms with E-state index in [1.807, 2.05) is 6.07 Å². The van der Waals surface area contributed by atoms with Crippen LogP contribution in [0.25, 0.3) is 5.69 Å². The van der Waals surface area contributed by atoms with Crippen molar-refractivity contribution in [1.29, 1.82) is 5.26 Å². The van der Waals surface area contributed by atoms with E-state index in [4.69, 9.17) is 11.0 Å². The standard InChI is InChI=1S/C13H11N3O2/c1-8-5-12(17)16(13(18)11(8)7-14)10-4-2-3-9(15)6-10/h2-6,17H,15H2,1H3. The molecule has 5 heteroatoms. The molecule has 3 N–H and O–H groups in total. The summed E-state index contributed by atoms with van der Waals surface area (Å²) in [7, 11) is 0. The molecule has 2 aromatic rings. The predicted molar refractivity (Wildman–Crippen MR) is 67.6 cm³/mol. The van der Waals surface area contributed by atoms with Gasteiger partial charge in [0.25, 0.3) is 5.56 Å². The monoisotopic (exact) mass is 241 g/mol. The Morgan fingerprint density at radius 3 is 2.72 bits per heavy atom. The largest absolute Gasteiger partial charge is 0.494 e. The number of benzene rings is 1. The first-order valence-electron chi connectivity index (χ1n) is 5.26. The van der Waals surface area contributed by atoms with Crippen molar-refractivity contribution in [3.8, 4) is 17.6 Å². The average Bonchev–Trinajstić information content (AvgIpc) is 2.28. The molecule has 0 atom stereocenters. The van der Waals surface area contributed by atoms with Crippen LogP contribution in [0, 0.1) is 18.3 Å². The number of anilines is 1. The number of aromatic nitrogens is 1. The number of hydrogen-bond acceptors (Lipinski definition) is 4. The summed E-state index contributed by atoms with van der Waals surface area (Å²) in [6.45, 7) is 1.60. The van der Waals surface area contributed by atoms with Gasteiger partial charge in [-0.05, 0) is 30.7 Å². The van der Waals surface area contributed by atoms with Crippen molar-refractivity contribution in [2.75, 3.05) is 5.73 Å². The second-order valence-electron chi connectivity index (χ2n) is 3.91. The van der Waals surface area contributed by atoms with Crippen LogP contribution >= 0.6 is 0 Å². The minimum atomic E-state index is -0.555. The lowest BCUT2D eigenvalue weighted by atomic mass is 10.1. The van der Waals surface area contributed by atoms with Crippen LogP contribution in [-0.2, 0) is 0 Å². The minimum Gasteiger partial charge on any atom is -0.494 e. The summed E-state index contributed by atoms with van der Waals surface area (Å²) in [6, 6.07) is 9.74. The van der Waals surface area contributed by atoms with Crippen molar-refractivity contribution in [2.24, 2.45) is 0 Å². The molecule has 0 saturated heterocycles. The maximum absolute atomic E-state index is 12.1. The molecule has 1 aromatic heterocycles. The van der Waals surface area contributed by atoms with Gasteiger partial charge < -0.3 is 10.8 Å². The maximum atomic E-state index is 12.1. The van der Waals surface area contributed by atoms with Crippen molar-refractivity contribution in [3.05, 3.63) is 51.8 Å². The van der Waals surface area contributed by atoms with Crippen LogP contribution in [0.2, 0.25) is 0 Å². The van der Waals surface area contributed by atoms with Gasteiger partial charge >= 0.3 is 0 Å². The molecule has 0 spiro atoms. The van der Waals surface area contributed by atoms with Crippen molar-refractivity contribution in [1.82, 2.24) is 4.57 Å². The zero-order valence-corrected chi connectivity index (χ0v) is 9.71. The van der Waals surface area contributed by atoms with Crippen LogP contribution < -0.4 is 11.3 Å². The highest BCUT2D eigenvalue weighted by atomic mass is 16.3. The van der Waals surface area contributed by atoms with Crippen LogP contribution in [-0.4, -0.2) is 9.67 Å². The summed E-state index contributed by atoms with van der Waals surface area (Å²) in [6.07, 6.45) is 0. The van der Waals surface area contributed by atoms with Gasteiger partial charge in [-0.2, -0.15) is 5.26 Å². The van der Waals surface area contributed by atoms with E-state index in [1.165, 1.54) is 6.07 Å². The molecular weight excluding hydrogens is 230 g/mol. The molecule has 18 heavy (non-hydrogen) atoms. The van der Waals surface area contributed by atoms with Crippen molar-refractivity contribution >= 4 is 5.69 Å². The van der Waals surface area contributed by atoms with Crippen LogP contribution in [0.4, 0.5) is 5.69 Å². The molecule has 90 valence electrons. The maximum Gasteiger partial charge on any atom is 0.276 e. The predicted octanol–water partition coefficient (Wildman–Crippen LogP) is 1.31. The van der Waals surface area contributed by atoms with E-state index in [1.54, 1.807) is 31.2 Å². The van der Waals surface area contributed by atoms with E-state index in [0.717, 1.165) is 4.57 Å². The van der Waals surface area contributed by atoms with Crippen LogP contribution in [0.5, 0.6) is 5.88 Å². The SMILES string of the molecule is Cc1cc(O)n(-c2cccc(N)c2)c(=O)c1C#N. The third-order valence-corrected chi connectivity index (χ3v) is 2.63. The Balaban J connectivity index is 2.81. The summed E-state index contributed by atoms with van der Waals surface area (Å²) in [4.78, 5) is 12.1. The third kappa shape index (κ3) is 1.80. The normalized spacial score (nSPS) is 10.0. The van der Waals surface area contributed by atoms with E-state index in [2.05, 4.69) is 0 Å². The minimum absolute atomic E-state index is 0.00947. The molecule has 0 amide bonds. The van der Waals surface area contributed by atoms with E-state index >= 15 is 0 Å². The number of aromatic hydroxyl groups is 1. The molecule has 0 fully saturated rings. The Morgan fingerprint density at radius 1 is 1.39 bits per heavy atom. The second-order valence-corrected chi connectivity index (χ2v) is 3.91. The molecule has 0 bridgehead atoms. The van der Waals surface area contributed by atoms with Gasteiger partial charge in [0.1, 0.15) is 11.6 Å². The molecule has 2 rings (SSSR count).